The van der Waals surface area contributed by atoms with Crippen LogP contribution in [-0.2, 0) is 10.0 Å². The third kappa shape index (κ3) is 5.11. The molecular weight excluding hydrogens is 269 g/mol. The first-order valence-corrected chi connectivity index (χ1v) is 7.72. The highest BCUT2D eigenvalue weighted by atomic mass is 32.2. The van der Waals surface area contributed by atoms with Crippen LogP contribution < -0.4 is 4.72 Å². The topological polar surface area (TPSA) is 46.2 Å². The van der Waals surface area contributed by atoms with Crippen LogP contribution in [0.5, 0.6) is 0 Å². The number of likely N-dealkylation sites (tertiary alicyclic amines) is 1. The monoisotopic (exact) mass is 289 g/mol. The largest absolute Gasteiger partial charge is 0.402 e. The molecule has 1 fully saturated rings. The van der Waals surface area contributed by atoms with Gasteiger partial charge in [0.1, 0.15) is 6.54 Å². The number of sulfonamides is 1. The van der Waals surface area contributed by atoms with E-state index in [0.29, 0.717) is 11.0 Å². The molecule has 8 heteroatoms. The van der Waals surface area contributed by atoms with Gasteiger partial charge in [0, 0.05) is 12.8 Å². The van der Waals surface area contributed by atoms with Gasteiger partial charge in [-0.05, 0) is 6.42 Å². The van der Waals surface area contributed by atoms with E-state index in [2.05, 4.69) is 0 Å². The van der Waals surface area contributed by atoms with Gasteiger partial charge in [-0.2, -0.15) is 13.2 Å². The first-order valence-electron chi connectivity index (χ1n) is 6.07. The fourth-order valence-corrected chi connectivity index (χ4v) is 4.08. The standard InChI is InChI=1S/C10H20F3N2O2S/c1-2-5-15(6-3-4-7-15)9-18(16,17)14-8-10(11,12)13/h14H,2-9H2,1H3/q+1. The fourth-order valence-electron chi connectivity index (χ4n) is 2.50. The van der Waals surface area contributed by atoms with Crippen LogP contribution in [0.3, 0.4) is 0 Å². The molecule has 0 unspecified atom stereocenters. The van der Waals surface area contributed by atoms with E-state index in [1.165, 1.54) is 0 Å². The van der Waals surface area contributed by atoms with Crippen molar-refractivity contribution in [3.63, 3.8) is 0 Å². The number of nitrogens with one attached hydrogen (secondary N) is 1. The number of hydrogen-bond acceptors (Lipinski definition) is 2. The van der Waals surface area contributed by atoms with Gasteiger partial charge in [0.2, 0.25) is 0 Å². The molecule has 0 radical (unpaired) electrons. The van der Waals surface area contributed by atoms with Crippen LogP contribution in [-0.4, -0.2) is 51.1 Å². The summed E-state index contributed by atoms with van der Waals surface area (Å²) in [6.07, 6.45) is -1.80. The quantitative estimate of drug-likeness (QED) is 0.752. The second-order valence-electron chi connectivity index (χ2n) is 4.90. The van der Waals surface area contributed by atoms with Gasteiger partial charge in [-0.3, -0.25) is 0 Å². The van der Waals surface area contributed by atoms with E-state index in [9.17, 15) is 21.6 Å². The lowest BCUT2D eigenvalue weighted by molar-refractivity contribution is -0.905. The minimum Gasteiger partial charge on any atom is -0.310 e. The number of halogens is 3. The Morgan fingerprint density at radius 2 is 1.78 bits per heavy atom. The average Bonchev–Trinajstić information content (AvgIpc) is 2.62. The Balaban J connectivity index is 2.62. The maximum atomic E-state index is 12.0. The summed E-state index contributed by atoms with van der Waals surface area (Å²) in [6, 6.07) is 0. The molecule has 0 atom stereocenters. The fraction of sp³-hybridized carbons (Fsp3) is 1.00. The van der Waals surface area contributed by atoms with Crippen LogP contribution in [0.25, 0.3) is 0 Å². The SMILES string of the molecule is CCC[N+]1(CS(=O)(=O)NCC(F)(F)F)CCCC1. The van der Waals surface area contributed by atoms with Crippen molar-refractivity contribution >= 4 is 10.0 Å². The van der Waals surface area contributed by atoms with E-state index in [4.69, 9.17) is 0 Å². The summed E-state index contributed by atoms with van der Waals surface area (Å²) in [6.45, 7) is 2.64. The zero-order valence-corrected chi connectivity index (χ0v) is 11.3. The van der Waals surface area contributed by atoms with Crippen LogP contribution >= 0.6 is 0 Å². The van der Waals surface area contributed by atoms with E-state index in [1.807, 2.05) is 6.92 Å². The van der Waals surface area contributed by atoms with E-state index in [-0.39, 0.29) is 5.88 Å². The molecule has 0 saturated carbocycles. The van der Waals surface area contributed by atoms with Gasteiger partial charge in [0.15, 0.2) is 5.88 Å². The molecule has 1 aliphatic heterocycles. The molecule has 4 nitrogen and oxygen atoms in total. The Hall–Kier alpha value is -0.340. The maximum absolute atomic E-state index is 12.0. The first-order chi connectivity index (χ1) is 8.18. The molecule has 0 aromatic rings. The van der Waals surface area contributed by atoms with E-state index >= 15 is 0 Å². The van der Waals surface area contributed by atoms with Crippen LogP contribution in [0.1, 0.15) is 26.2 Å². The minimum absolute atomic E-state index is 0.239. The Kier molecular flexibility index (Phi) is 5.02. The van der Waals surface area contributed by atoms with Gasteiger partial charge in [-0.15, -0.1) is 0 Å². The van der Waals surface area contributed by atoms with Crippen molar-refractivity contribution in [2.45, 2.75) is 32.4 Å². The van der Waals surface area contributed by atoms with Gasteiger partial charge in [-0.25, -0.2) is 13.1 Å². The summed E-state index contributed by atoms with van der Waals surface area (Å²) >= 11 is 0. The van der Waals surface area contributed by atoms with E-state index in [0.717, 1.165) is 32.4 Å². The normalized spacial score (nSPS) is 20.2. The lowest BCUT2D eigenvalue weighted by atomic mass is 10.4. The second-order valence-corrected chi connectivity index (χ2v) is 6.68. The smallest absolute Gasteiger partial charge is 0.310 e. The minimum atomic E-state index is -4.51. The molecule has 0 aliphatic carbocycles. The Labute approximate surface area is 106 Å². The summed E-state index contributed by atoms with van der Waals surface area (Å²) in [4.78, 5) is 0. The molecule has 1 rings (SSSR count). The van der Waals surface area contributed by atoms with Gasteiger partial charge >= 0.3 is 6.18 Å². The predicted molar refractivity (Wildman–Crippen MR) is 62.2 cm³/mol. The number of alkyl halides is 3. The molecule has 0 bridgehead atoms. The zero-order chi connectivity index (χ0) is 13.9. The molecular formula is C10H20F3N2O2S+. The number of hydrogen-bond donors (Lipinski definition) is 1. The van der Waals surface area contributed by atoms with Gasteiger partial charge in [-0.1, -0.05) is 6.92 Å². The number of nitrogens with zero attached hydrogens (tertiary/aromatic N) is 1. The molecule has 108 valence electrons. The summed E-state index contributed by atoms with van der Waals surface area (Å²) in [7, 11) is -3.88. The van der Waals surface area contributed by atoms with Crippen molar-refractivity contribution in [2.24, 2.45) is 0 Å². The van der Waals surface area contributed by atoms with Crippen molar-refractivity contribution in [2.75, 3.05) is 32.1 Å². The third-order valence-corrected chi connectivity index (χ3v) is 4.62. The summed E-state index contributed by atoms with van der Waals surface area (Å²) in [5.74, 6) is -0.239. The molecule has 18 heavy (non-hydrogen) atoms. The highest BCUT2D eigenvalue weighted by Gasteiger charge is 2.37. The van der Waals surface area contributed by atoms with Crippen LogP contribution in [0.2, 0.25) is 0 Å². The van der Waals surface area contributed by atoms with Gasteiger partial charge in [0.05, 0.1) is 19.6 Å². The van der Waals surface area contributed by atoms with Gasteiger partial charge in [0.25, 0.3) is 10.0 Å². The summed E-state index contributed by atoms with van der Waals surface area (Å²) < 4.78 is 61.4. The predicted octanol–water partition coefficient (Wildman–Crippen LogP) is 1.45. The third-order valence-electron chi connectivity index (χ3n) is 3.15. The van der Waals surface area contributed by atoms with Crippen molar-refractivity contribution in [1.29, 1.82) is 0 Å². The van der Waals surface area contributed by atoms with Crippen LogP contribution in [0.4, 0.5) is 13.2 Å². The number of rotatable bonds is 6. The lowest BCUT2D eigenvalue weighted by Gasteiger charge is -2.33. The highest BCUT2D eigenvalue weighted by molar-refractivity contribution is 7.89. The second kappa shape index (κ2) is 5.75. The lowest BCUT2D eigenvalue weighted by Crippen LogP contribution is -2.52. The van der Waals surface area contributed by atoms with Crippen molar-refractivity contribution < 1.29 is 26.1 Å². The van der Waals surface area contributed by atoms with Crippen LogP contribution in [0.15, 0.2) is 0 Å². The zero-order valence-electron chi connectivity index (χ0n) is 10.5. The van der Waals surface area contributed by atoms with E-state index in [1.54, 1.807) is 4.72 Å². The number of quaternary nitrogens is 1. The molecule has 0 amide bonds. The highest BCUT2D eigenvalue weighted by Crippen LogP contribution is 2.21. The average molecular weight is 289 g/mol. The van der Waals surface area contributed by atoms with Gasteiger partial charge < -0.3 is 4.48 Å². The van der Waals surface area contributed by atoms with Crippen molar-refractivity contribution in [3.8, 4) is 0 Å². The Morgan fingerprint density at radius 3 is 2.22 bits per heavy atom. The Bertz CT molecular complexity index is 362. The summed E-state index contributed by atoms with van der Waals surface area (Å²) in [5.41, 5.74) is 0. The maximum Gasteiger partial charge on any atom is 0.402 e. The molecule has 1 N–H and O–H groups in total. The molecule has 1 aliphatic rings. The molecule has 1 saturated heterocycles. The Morgan fingerprint density at radius 1 is 1.22 bits per heavy atom. The summed E-state index contributed by atoms with van der Waals surface area (Å²) in [5, 5.41) is 0. The van der Waals surface area contributed by atoms with Crippen LogP contribution in [0, 0.1) is 0 Å². The molecule has 0 aromatic carbocycles. The van der Waals surface area contributed by atoms with Crippen molar-refractivity contribution in [1.82, 2.24) is 4.72 Å². The molecule has 0 spiro atoms. The molecule has 1 heterocycles. The van der Waals surface area contributed by atoms with Crippen molar-refractivity contribution in [3.05, 3.63) is 0 Å². The molecule has 0 aromatic heterocycles. The van der Waals surface area contributed by atoms with E-state index < -0.39 is 22.7 Å². The first kappa shape index (κ1) is 15.7.